The second-order valence-corrected chi connectivity index (χ2v) is 7.09. The molecule has 4 atom stereocenters. The standard InChI is InChI=1S/C14H18FNOS/c15-12-3-4-13(16)14(7-12)18(17)8-11-6-9-1-2-10(11)5-9/h3-4,7,9-11H,1-2,5-6,8,16H2. The Morgan fingerprint density at radius 3 is 2.83 bits per heavy atom. The van der Waals surface area contributed by atoms with Crippen molar-refractivity contribution >= 4 is 16.5 Å². The fourth-order valence-electron chi connectivity index (χ4n) is 3.57. The molecule has 0 aromatic heterocycles. The molecule has 2 N–H and O–H groups in total. The summed E-state index contributed by atoms with van der Waals surface area (Å²) in [6.45, 7) is 0. The lowest BCUT2D eigenvalue weighted by atomic mass is 9.90. The quantitative estimate of drug-likeness (QED) is 0.856. The van der Waals surface area contributed by atoms with E-state index >= 15 is 0 Å². The van der Waals surface area contributed by atoms with Gasteiger partial charge in [-0.25, -0.2) is 4.39 Å². The van der Waals surface area contributed by atoms with Gasteiger partial charge in [0, 0.05) is 11.4 Å². The number of rotatable bonds is 3. The first kappa shape index (κ1) is 12.2. The minimum atomic E-state index is -1.16. The van der Waals surface area contributed by atoms with E-state index in [-0.39, 0.29) is 5.82 Å². The molecule has 4 unspecified atom stereocenters. The van der Waals surface area contributed by atoms with Crippen molar-refractivity contribution in [3.05, 3.63) is 24.0 Å². The Kier molecular flexibility index (Phi) is 3.14. The largest absolute Gasteiger partial charge is 0.398 e. The van der Waals surface area contributed by atoms with Crippen LogP contribution in [-0.4, -0.2) is 9.96 Å². The van der Waals surface area contributed by atoms with Crippen LogP contribution in [0.3, 0.4) is 0 Å². The molecule has 0 amide bonds. The zero-order chi connectivity index (χ0) is 12.7. The minimum absolute atomic E-state index is 0.361. The topological polar surface area (TPSA) is 43.1 Å². The summed E-state index contributed by atoms with van der Waals surface area (Å²) in [6, 6.07) is 4.13. The molecule has 3 rings (SSSR count). The molecule has 0 spiro atoms. The number of nitrogens with two attached hydrogens (primary N) is 1. The summed E-state index contributed by atoms with van der Waals surface area (Å²) in [5, 5.41) is 0. The number of fused-ring (bicyclic) bond motifs is 2. The predicted molar refractivity (Wildman–Crippen MR) is 71.0 cm³/mol. The lowest BCUT2D eigenvalue weighted by Crippen LogP contribution is -2.18. The number of hydrogen-bond acceptors (Lipinski definition) is 2. The van der Waals surface area contributed by atoms with Crippen LogP contribution in [0, 0.1) is 23.6 Å². The number of anilines is 1. The summed E-state index contributed by atoms with van der Waals surface area (Å²) in [4.78, 5) is 0.470. The Morgan fingerprint density at radius 1 is 1.33 bits per heavy atom. The first-order chi connectivity index (χ1) is 8.63. The second kappa shape index (κ2) is 4.65. The van der Waals surface area contributed by atoms with E-state index in [0.29, 0.717) is 22.3 Å². The average Bonchev–Trinajstić information content (AvgIpc) is 2.94. The van der Waals surface area contributed by atoms with Gasteiger partial charge in [-0.1, -0.05) is 6.42 Å². The molecule has 98 valence electrons. The predicted octanol–water partition coefficient (Wildman–Crippen LogP) is 2.95. The van der Waals surface area contributed by atoms with E-state index in [1.807, 2.05) is 0 Å². The molecular weight excluding hydrogens is 249 g/mol. The fraction of sp³-hybridized carbons (Fsp3) is 0.571. The maximum atomic E-state index is 13.2. The maximum absolute atomic E-state index is 13.2. The monoisotopic (exact) mass is 267 g/mol. The van der Waals surface area contributed by atoms with Gasteiger partial charge in [0.2, 0.25) is 0 Å². The highest BCUT2D eigenvalue weighted by Gasteiger charge is 2.40. The molecule has 0 aliphatic heterocycles. The van der Waals surface area contributed by atoms with Gasteiger partial charge < -0.3 is 5.73 Å². The van der Waals surface area contributed by atoms with Crippen LogP contribution in [0.5, 0.6) is 0 Å². The molecule has 2 aliphatic carbocycles. The van der Waals surface area contributed by atoms with Crippen molar-refractivity contribution < 1.29 is 8.60 Å². The minimum Gasteiger partial charge on any atom is -0.398 e. The highest BCUT2D eigenvalue weighted by Crippen LogP contribution is 2.48. The summed E-state index contributed by atoms with van der Waals surface area (Å²) in [7, 11) is -1.16. The van der Waals surface area contributed by atoms with Crippen molar-refractivity contribution in [2.24, 2.45) is 17.8 Å². The Morgan fingerprint density at radius 2 is 2.17 bits per heavy atom. The summed E-state index contributed by atoms with van der Waals surface area (Å²) in [5.41, 5.74) is 6.22. The summed E-state index contributed by atoms with van der Waals surface area (Å²) < 4.78 is 25.5. The molecule has 2 saturated carbocycles. The van der Waals surface area contributed by atoms with Gasteiger partial charge in [0.15, 0.2) is 0 Å². The van der Waals surface area contributed by atoms with Crippen LogP contribution in [0.2, 0.25) is 0 Å². The maximum Gasteiger partial charge on any atom is 0.124 e. The zero-order valence-electron chi connectivity index (χ0n) is 10.3. The van der Waals surface area contributed by atoms with Gasteiger partial charge in [-0.05, 0) is 55.2 Å². The van der Waals surface area contributed by atoms with Crippen molar-refractivity contribution in [3.63, 3.8) is 0 Å². The Labute approximate surface area is 109 Å². The van der Waals surface area contributed by atoms with Crippen LogP contribution in [0.25, 0.3) is 0 Å². The van der Waals surface area contributed by atoms with Gasteiger partial charge in [-0.15, -0.1) is 0 Å². The van der Waals surface area contributed by atoms with Crippen LogP contribution in [0.1, 0.15) is 25.7 Å². The Balaban J connectivity index is 1.73. The first-order valence-corrected chi connectivity index (χ1v) is 7.89. The van der Waals surface area contributed by atoms with Crippen LogP contribution < -0.4 is 5.73 Å². The lowest BCUT2D eigenvalue weighted by molar-refractivity contribution is 0.363. The van der Waals surface area contributed by atoms with E-state index in [2.05, 4.69) is 0 Å². The summed E-state index contributed by atoms with van der Waals surface area (Å²) in [6.07, 6.45) is 5.13. The Hall–Kier alpha value is -0.900. The van der Waals surface area contributed by atoms with Gasteiger partial charge >= 0.3 is 0 Å². The van der Waals surface area contributed by atoms with Crippen molar-refractivity contribution in [2.75, 3.05) is 11.5 Å². The van der Waals surface area contributed by atoms with E-state index in [9.17, 15) is 8.60 Å². The van der Waals surface area contributed by atoms with Crippen molar-refractivity contribution in [1.29, 1.82) is 0 Å². The first-order valence-electron chi connectivity index (χ1n) is 6.57. The van der Waals surface area contributed by atoms with Gasteiger partial charge in [0.1, 0.15) is 5.82 Å². The van der Waals surface area contributed by atoms with E-state index in [4.69, 9.17) is 5.73 Å². The third-order valence-electron chi connectivity index (χ3n) is 4.47. The van der Waals surface area contributed by atoms with Crippen LogP contribution >= 0.6 is 0 Å². The second-order valence-electron chi connectivity index (χ2n) is 5.63. The highest BCUT2D eigenvalue weighted by atomic mass is 32.2. The molecule has 2 fully saturated rings. The van der Waals surface area contributed by atoms with Crippen LogP contribution in [0.15, 0.2) is 23.1 Å². The van der Waals surface area contributed by atoms with Crippen LogP contribution in [-0.2, 0) is 10.8 Å². The number of hydrogen-bond donors (Lipinski definition) is 1. The molecule has 2 nitrogen and oxygen atoms in total. The molecule has 4 heteroatoms. The van der Waals surface area contributed by atoms with Gasteiger partial charge in [0.05, 0.1) is 15.7 Å². The zero-order valence-corrected chi connectivity index (χ0v) is 11.1. The SMILES string of the molecule is Nc1ccc(F)cc1S(=O)CC1CC2CCC1C2. The van der Waals surface area contributed by atoms with Crippen molar-refractivity contribution in [3.8, 4) is 0 Å². The molecule has 1 aromatic rings. The lowest BCUT2D eigenvalue weighted by Gasteiger charge is -2.21. The Bertz CT molecular complexity index is 491. The van der Waals surface area contributed by atoms with Crippen LogP contribution in [0.4, 0.5) is 10.1 Å². The van der Waals surface area contributed by atoms with E-state index in [0.717, 1.165) is 11.8 Å². The van der Waals surface area contributed by atoms with Gasteiger partial charge in [-0.3, -0.25) is 4.21 Å². The normalized spacial score (nSPS) is 31.7. The molecule has 2 aliphatic rings. The van der Waals surface area contributed by atoms with Crippen molar-refractivity contribution in [1.82, 2.24) is 0 Å². The molecule has 0 heterocycles. The molecule has 18 heavy (non-hydrogen) atoms. The smallest absolute Gasteiger partial charge is 0.124 e. The number of benzene rings is 1. The van der Waals surface area contributed by atoms with Gasteiger partial charge in [-0.2, -0.15) is 0 Å². The molecule has 2 bridgehead atoms. The molecular formula is C14H18FNOS. The van der Waals surface area contributed by atoms with E-state index in [1.165, 1.54) is 43.9 Å². The number of nitrogen functional groups attached to an aromatic ring is 1. The third-order valence-corrected chi connectivity index (χ3v) is 6.05. The average molecular weight is 267 g/mol. The molecule has 0 saturated heterocycles. The highest BCUT2D eigenvalue weighted by molar-refractivity contribution is 7.85. The summed E-state index contributed by atoms with van der Waals surface area (Å²) >= 11 is 0. The van der Waals surface area contributed by atoms with E-state index in [1.54, 1.807) is 0 Å². The van der Waals surface area contributed by atoms with Gasteiger partial charge in [0.25, 0.3) is 0 Å². The van der Waals surface area contributed by atoms with Crippen molar-refractivity contribution in [2.45, 2.75) is 30.6 Å². The summed E-state index contributed by atoms with van der Waals surface area (Å²) in [5.74, 6) is 2.43. The fourth-order valence-corrected chi connectivity index (χ4v) is 5.12. The molecule has 0 radical (unpaired) electrons. The van der Waals surface area contributed by atoms with E-state index < -0.39 is 10.8 Å². The third kappa shape index (κ3) is 2.18. The number of halogens is 1. The molecule has 1 aromatic carbocycles.